The molecule has 0 bridgehead atoms. The fraction of sp³-hybridized carbons (Fsp3) is 0.538. The first-order chi connectivity index (χ1) is 9.03. The number of hydrogen-bond acceptors (Lipinski definition) is 3. The topological polar surface area (TPSA) is 66.4 Å². The lowest BCUT2D eigenvalue weighted by atomic mass is 9.96. The summed E-state index contributed by atoms with van der Waals surface area (Å²) in [6, 6.07) is 4.41. The van der Waals surface area contributed by atoms with Crippen molar-refractivity contribution in [3.63, 3.8) is 0 Å². The zero-order valence-corrected chi connectivity index (χ0v) is 12.2. The summed E-state index contributed by atoms with van der Waals surface area (Å²) < 4.78 is 27.2. The van der Waals surface area contributed by atoms with Gasteiger partial charge < -0.3 is 5.11 Å². The number of aliphatic hydroxyl groups excluding tert-OH is 1. The molecule has 1 aliphatic carbocycles. The van der Waals surface area contributed by atoms with Gasteiger partial charge in [0.2, 0.25) is 10.0 Å². The summed E-state index contributed by atoms with van der Waals surface area (Å²) in [5.41, 5.74) is 0.424. The molecular formula is C13H18ClNO3S. The van der Waals surface area contributed by atoms with Gasteiger partial charge in [-0.3, -0.25) is 0 Å². The van der Waals surface area contributed by atoms with Crippen LogP contribution in [0, 0.1) is 0 Å². The average Bonchev–Trinajstić information content (AvgIpc) is 2.39. The Hall–Kier alpha value is -0.620. The second-order valence-electron chi connectivity index (χ2n) is 4.87. The van der Waals surface area contributed by atoms with Crippen LogP contribution < -0.4 is 4.72 Å². The Morgan fingerprint density at radius 2 is 1.95 bits per heavy atom. The predicted octanol–water partition coefficient (Wildman–Crippen LogP) is 2.44. The molecule has 1 aliphatic rings. The third-order valence-corrected chi connectivity index (χ3v) is 5.31. The molecule has 0 aliphatic heterocycles. The summed E-state index contributed by atoms with van der Waals surface area (Å²) >= 11 is 5.86. The normalized spacial score (nSPS) is 17.6. The maximum absolute atomic E-state index is 12.2. The van der Waals surface area contributed by atoms with Gasteiger partial charge >= 0.3 is 0 Å². The molecule has 6 heteroatoms. The molecule has 19 heavy (non-hydrogen) atoms. The Morgan fingerprint density at radius 3 is 2.58 bits per heavy atom. The molecule has 4 nitrogen and oxygen atoms in total. The maximum Gasteiger partial charge on any atom is 0.240 e. The lowest BCUT2D eigenvalue weighted by Crippen LogP contribution is -2.36. The minimum atomic E-state index is -3.53. The first kappa shape index (κ1) is 14.8. The third kappa shape index (κ3) is 3.69. The fourth-order valence-corrected chi connectivity index (χ4v) is 3.88. The average molecular weight is 304 g/mol. The molecule has 0 unspecified atom stereocenters. The predicted molar refractivity (Wildman–Crippen MR) is 74.6 cm³/mol. The Labute approximate surface area is 118 Å². The zero-order chi connectivity index (χ0) is 13.9. The molecule has 0 amide bonds. The van der Waals surface area contributed by atoms with E-state index in [2.05, 4.69) is 4.72 Å². The second-order valence-corrected chi connectivity index (χ2v) is 6.99. The van der Waals surface area contributed by atoms with Crippen LogP contribution in [0.4, 0.5) is 0 Å². The quantitative estimate of drug-likeness (QED) is 0.898. The summed E-state index contributed by atoms with van der Waals surface area (Å²) in [4.78, 5) is 0.159. The van der Waals surface area contributed by atoms with Crippen molar-refractivity contribution in [1.82, 2.24) is 4.72 Å². The first-order valence-corrected chi connectivity index (χ1v) is 8.30. The van der Waals surface area contributed by atoms with Gasteiger partial charge in [-0.15, -0.1) is 0 Å². The number of nitrogens with one attached hydrogen (secondary N) is 1. The molecule has 1 aromatic carbocycles. The molecule has 1 saturated carbocycles. The van der Waals surface area contributed by atoms with Gasteiger partial charge in [-0.05, 0) is 36.6 Å². The highest BCUT2D eigenvalue weighted by Gasteiger charge is 2.22. The van der Waals surface area contributed by atoms with E-state index in [0.29, 0.717) is 10.6 Å². The van der Waals surface area contributed by atoms with Gasteiger partial charge in [0.15, 0.2) is 0 Å². The van der Waals surface area contributed by atoms with Crippen molar-refractivity contribution in [1.29, 1.82) is 0 Å². The maximum atomic E-state index is 12.2. The van der Waals surface area contributed by atoms with Gasteiger partial charge in [-0.25, -0.2) is 13.1 Å². The number of hydrogen-bond donors (Lipinski definition) is 2. The highest BCUT2D eigenvalue weighted by Crippen LogP contribution is 2.23. The van der Waals surface area contributed by atoms with E-state index in [4.69, 9.17) is 16.7 Å². The lowest BCUT2D eigenvalue weighted by molar-refractivity contribution is 0.281. The highest BCUT2D eigenvalue weighted by atomic mass is 35.5. The Morgan fingerprint density at radius 1 is 1.26 bits per heavy atom. The van der Waals surface area contributed by atoms with Crippen molar-refractivity contribution < 1.29 is 13.5 Å². The largest absolute Gasteiger partial charge is 0.392 e. The van der Waals surface area contributed by atoms with Crippen LogP contribution in [0.15, 0.2) is 23.1 Å². The zero-order valence-electron chi connectivity index (χ0n) is 10.6. The molecule has 0 radical (unpaired) electrons. The van der Waals surface area contributed by atoms with Gasteiger partial charge in [-0.1, -0.05) is 30.9 Å². The number of benzene rings is 1. The minimum Gasteiger partial charge on any atom is -0.392 e. The van der Waals surface area contributed by atoms with Crippen LogP contribution in [-0.2, 0) is 16.6 Å². The van der Waals surface area contributed by atoms with Crippen molar-refractivity contribution >= 4 is 21.6 Å². The molecule has 0 heterocycles. The lowest BCUT2D eigenvalue weighted by Gasteiger charge is -2.22. The molecule has 2 rings (SSSR count). The van der Waals surface area contributed by atoms with Crippen LogP contribution in [0.3, 0.4) is 0 Å². The minimum absolute atomic E-state index is 0.0204. The van der Waals surface area contributed by atoms with Crippen LogP contribution in [0.2, 0.25) is 5.02 Å². The van der Waals surface area contributed by atoms with Crippen molar-refractivity contribution in [3.8, 4) is 0 Å². The number of sulfonamides is 1. The van der Waals surface area contributed by atoms with E-state index >= 15 is 0 Å². The second kappa shape index (κ2) is 6.22. The smallest absolute Gasteiger partial charge is 0.240 e. The van der Waals surface area contributed by atoms with Crippen molar-refractivity contribution in [3.05, 3.63) is 28.8 Å². The number of aliphatic hydroxyl groups is 1. The molecule has 0 saturated heterocycles. The van der Waals surface area contributed by atoms with E-state index < -0.39 is 10.0 Å². The standard InChI is InChI=1S/C13H18ClNO3S/c14-13-7-6-12(8-10(13)9-16)19(17,18)15-11-4-2-1-3-5-11/h6-8,11,15-16H,1-5,9H2. The summed E-state index contributed by atoms with van der Waals surface area (Å²) in [6.45, 7) is -0.272. The Kier molecular flexibility index (Phi) is 4.84. The van der Waals surface area contributed by atoms with Crippen LogP contribution in [-0.4, -0.2) is 19.6 Å². The molecule has 1 aromatic rings. The van der Waals surface area contributed by atoms with Crippen molar-refractivity contribution in [2.45, 2.75) is 49.6 Å². The van der Waals surface area contributed by atoms with E-state index in [1.54, 1.807) is 0 Å². The van der Waals surface area contributed by atoms with E-state index in [0.717, 1.165) is 25.7 Å². The molecular weight excluding hydrogens is 286 g/mol. The van der Waals surface area contributed by atoms with Crippen LogP contribution in [0.5, 0.6) is 0 Å². The highest BCUT2D eigenvalue weighted by molar-refractivity contribution is 7.89. The molecule has 0 aromatic heterocycles. The SMILES string of the molecule is O=S(=O)(NC1CCCCC1)c1ccc(Cl)c(CO)c1. The Bertz CT molecular complexity index is 539. The van der Waals surface area contributed by atoms with Gasteiger partial charge in [0.25, 0.3) is 0 Å². The van der Waals surface area contributed by atoms with Crippen LogP contribution in [0.1, 0.15) is 37.7 Å². The molecule has 0 spiro atoms. The van der Waals surface area contributed by atoms with Gasteiger partial charge in [-0.2, -0.15) is 0 Å². The van der Waals surface area contributed by atoms with Crippen molar-refractivity contribution in [2.75, 3.05) is 0 Å². The monoisotopic (exact) mass is 303 g/mol. The van der Waals surface area contributed by atoms with E-state index in [-0.39, 0.29) is 17.5 Å². The third-order valence-electron chi connectivity index (χ3n) is 3.42. The van der Waals surface area contributed by atoms with E-state index in [9.17, 15) is 8.42 Å². The van der Waals surface area contributed by atoms with Gasteiger partial charge in [0, 0.05) is 11.1 Å². The fourth-order valence-electron chi connectivity index (χ4n) is 2.35. The van der Waals surface area contributed by atoms with Crippen LogP contribution in [0.25, 0.3) is 0 Å². The summed E-state index contributed by atoms with van der Waals surface area (Å²) in [5, 5.41) is 9.50. The van der Waals surface area contributed by atoms with E-state index in [1.807, 2.05) is 0 Å². The van der Waals surface area contributed by atoms with Gasteiger partial charge in [0.05, 0.1) is 11.5 Å². The molecule has 0 atom stereocenters. The molecule has 2 N–H and O–H groups in total. The summed E-state index contributed by atoms with van der Waals surface area (Å²) in [7, 11) is -3.53. The summed E-state index contributed by atoms with van der Waals surface area (Å²) in [6.07, 6.45) is 5.08. The molecule has 1 fully saturated rings. The first-order valence-electron chi connectivity index (χ1n) is 6.44. The molecule has 106 valence electrons. The van der Waals surface area contributed by atoms with Crippen molar-refractivity contribution in [2.24, 2.45) is 0 Å². The number of halogens is 1. The summed E-state index contributed by atoms with van der Waals surface area (Å²) in [5.74, 6) is 0. The van der Waals surface area contributed by atoms with E-state index in [1.165, 1.54) is 24.6 Å². The van der Waals surface area contributed by atoms with Crippen LogP contribution >= 0.6 is 11.6 Å². The number of rotatable bonds is 4. The van der Waals surface area contributed by atoms with Gasteiger partial charge in [0.1, 0.15) is 0 Å². The Balaban J connectivity index is 2.18.